The van der Waals surface area contributed by atoms with Gasteiger partial charge in [0.25, 0.3) is 11.5 Å². The van der Waals surface area contributed by atoms with Crippen LogP contribution in [-0.2, 0) is 11.3 Å². The minimum atomic E-state index is -1.29. The van der Waals surface area contributed by atoms with Gasteiger partial charge in [-0.25, -0.2) is 4.79 Å². The van der Waals surface area contributed by atoms with Crippen molar-refractivity contribution in [2.24, 2.45) is 0 Å². The molecule has 1 fully saturated rings. The average Bonchev–Trinajstić information content (AvgIpc) is 2.72. The third kappa shape index (κ3) is 4.45. The summed E-state index contributed by atoms with van der Waals surface area (Å²) >= 11 is 0. The Morgan fingerprint density at radius 3 is 2.33 bits per heavy atom. The topological polar surface area (TPSA) is 131 Å². The number of rotatable bonds is 6. The van der Waals surface area contributed by atoms with Gasteiger partial charge in [0, 0.05) is 6.04 Å². The van der Waals surface area contributed by atoms with Crippen LogP contribution in [0.4, 0.5) is 0 Å². The van der Waals surface area contributed by atoms with Gasteiger partial charge in [-0.2, -0.15) is 0 Å². The molecule has 3 rings (SSSR count). The maximum Gasteiger partial charge on any atom is 0.334 e. The quantitative estimate of drug-likeness (QED) is 0.654. The molecule has 0 radical (unpaired) electrons. The molecule has 0 saturated heterocycles. The van der Waals surface area contributed by atoms with E-state index in [1.165, 1.54) is 0 Å². The third-order valence-electron chi connectivity index (χ3n) is 5.38. The highest BCUT2D eigenvalue weighted by Gasteiger charge is 2.28. The monoisotopic (exact) mass is 415 g/mol. The molecule has 160 valence electrons. The van der Waals surface area contributed by atoms with Crippen LogP contribution in [0.3, 0.4) is 0 Å². The largest absolute Gasteiger partial charge is 0.494 e. The molecular formula is C21H25N3O6. The highest BCUT2D eigenvalue weighted by molar-refractivity contribution is 5.97. The number of aromatic hydroxyl groups is 1. The van der Waals surface area contributed by atoms with Gasteiger partial charge in [0.1, 0.15) is 6.54 Å². The smallest absolute Gasteiger partial charge is 0.334 e. The van der Waals surface area contributed by atoms with Crippen LogP contribution in [0.15, 0.2) is 33.9 Å². The predicted octanol–water partition coefficient (Wildman–Crippen LogP) is 1.39. The fourth-order valence-corrected chi connectivity index (χ4v) is 3.79. The van der Waals surface area contributed by atoms with Crippen LogP contribution in [0.25, 0.3) is 0 Å². The number of carbonyl (C=O) groups excluding carboxylic acids is 1. The molecule has 1 aliphatic carbocycles. The zero-order valence-electron chi connectivity index (χ0n) is 16.8. The SMILES string of the molecule is Cc1ccc(Cn2c(=O)c(C(=O)NCC(=O)O)c(O)n(C3CCCCC3)c2=O)cc1. The van der Waals surface area contributed by atoms with E-state index in [2.05, 4.69) is 5.32 Å². The van der Waals surface area contributed by atoms with Crippen molar-refractivity contribution in [2.45, 2.75) is 51.6 Å². The first-order chi connectivity index (χ1) is 14.3. The van der Waals surface area contributed by atoms with Gasteiger partial charge in [-0.3, -0.25) is 23.5 Å². The Hall–Kier alpha value is -3.36. The number of aliphatic carboxylic acids is 1. The minimum absolute atomic E-state index is 0.0653. The van der Waals surface area contributed by atoms with E-state index < -0.39 is 41.1 Å². The molecule has 2 aromatic rings. The second-order valence-electron chi connectivity index (χ2n) is 7.60. The lowest BCUT2D eigenvalue weighted by Crippen LogP contribution is -2.46. The molecule has 1 aliphatic rings. The van der Waals surface area contributed by atoms with Gasteiger partial charge in [-0.1, -0.05) is 49.1 Å². The van der Waals surface area contributed by atoms with Crippen molar-refractivity contribution in [3.8, 4) is 5.88 Å². The first-order valence-corrected chi connectivity index (χ1v) is 9.93. The van der Waals surface area contributed by atoms with Crippen LogP contribution < -0.4 is 16.6 Å². The molecule has 1 heterocycles. The number of nitrogens with one attached hydrogen (secondary N) is 1. The Kier molecular flexibility index (Phi) is 6.39. The lowest BCUT2D eigenvalue weighted by atomic mass is 9.95. The van der Waals surface area contributed by atoms with Crippen LogP contribution in [0.2, 0.25) is 0 Å². The molecule has 9 nitrogen and oxygen atoms in total. The van der Waals surface area contributed by atoms with Crippen molar-refractivity contribution in [1.82, 2.24) is 14.5 Å². The highest BCUT2D eigenvalue weighted by Crippen LogP contribution is 2.30. The van der Waals surface area contributed by atoms with Gasteiger partial charge in [0.05, 0.1) is 6.54 Å². The van der Waals surface area contributed by atoms with Crippen molar-refractivity contribution in [3.05, 3.63) is 61.8 Å². The lowest BCUT2D eigenvalue weighted by molar-refractivity contribution is -0.135. The van der Waals surface area contributed by atoms with Crippen LogP contribution in [0.5, 0.6) is 5.88 Å². The van der Waals surface area contributed by atoms with E-state index in [1.54, 1.807) is 12.1 Å². The number of carbonyl (C=O) groups is 2. The van der Waals surface area contributed by atoms with E-state index >= 15 is 0 Å². The summed E-state index contributed by atoms with van der Waals surface area (Å²) in [6.45, 7) is 1.14. The molecule has 9 heteroatoms. The number of carboxylic acids is 1. The number of aryl methyl sites for hydroxylation is 1. The maximum atomic E-state index is 13.2. The number of amides is 1. The van der Waals surface area contributed by atoms with Crippen LogP contribution in [0, 0.1) is 6.92 Å². The average molecular weight is 415 g/mol. The number of carboxylic acid groups (broad SMARTS) is 1. The van der Waals surface area contributed by atoms with Gasteiger partial charge in [-0.15, -0.1) is 0 Å². The van der Waals surface area contributed by atoms with E-state index in [-0.39, 0.29) is 12.6 Å². The second kappa shape index (κ2) is 8.98. The van der Waals surface area contributed by atoms with Gasteiger partial charge < -0.3 is 15.5 Å². The lowest BCUT2D eigenvalue weighted by Gasteiger charge is -2.26. The summed E-state index contributed by atoms with van der Waals surface area (Å²) in [7, 11) is 0. The number of hydrogen-bond donors (Lipinski definition) is 3. The second-order valence-corrected chi connectivity index (χ2v) is 7.60. The molecule has 0 unspecified atom stereocenters. The first-order valence-electron chi connectivity index (χ1n) is 9.93. The van der Waals surface area contributed by atoms with Crippen LogP contribution in [-0.4, -0.2) is 37.8 Å². The third-order valence-corrected chi connectivity index (χ3v) is 5.38. The summed E-state index contributed by atoms with van der Waals surface area (Å²) in [6, 6.07) is 6.93. The molecule has 0 spiro atoms. The standard InChI is InChI=1S/C21H25N3O6/c1-13-7-9-14(10-8-13)12-23-19(28)17(18(27)22-11-16(25)26)20(29)24(21(23)30)15-5-3-2-4-6-15/h7-10,15,29H,2-6,11-12H2,1H3,(H,22,27)(H,25,26). The van der Waals surface area contributed by atoms with E-state index in [0.29, 0.717) is 18.4 Å². The van der Waals surface area contributed by atoms with E-state index in [4.69, 9.17) is 5.11 Å². The van der Waals surface area contributed by atoms with Gasteiger partial charge >= 0.3 is 11.7 Å². The number of hydrogen-bond acceptors (Lipinski definition) is 5. The maximum absolute atomic E-state index is 13.2. The Morgan fingerprint density at radius 1 is 1.10 bits per heavy atom. The molecule has 1 aromatic carbocycles. The van der Waals surface area contributed by atoms with E-state index in [9.17, 15) is 24.3 Å². The number of nitrogens with zero attached hydrogens (tertiary/aromatic N) is 2. The van der Waals surface area contributed by atoms with Crippen molar-refractivity contribution < 1.29 is 19.8 Å². The molecule has 1 saturated carbocycles. The molecule has 1 amide bonds. The summed E-state index contributed by atoms with van der Waals surface area (Å²) in [5.74, 6) is -3.02. The zero-order chi connectivity index (χ0) is 21.8. The summed E-state index contributed by atoms with van der Waals surface area (Å²) < 4.78 is 2.04. The van der Waals surface area contributed by atoms with Crippen molar-refractivity contribution in [3.63, 3.8) is 0 Å². The van der Waals surface area contributed by atoms with Crippen molar-refractivity contribution >= 4 is 11.9 Å². The fourth-order valence-electron chi connectivity index (χ4n) is 3.79. The predicted molar refractivity (Wildman–Crippen MR) is 109 cm³/mol. The van der Waals surface area contributed by atoms with Gasteiger partial charge in [0.2, 0.25) is 5.88 Å². The van der Waals surface area contributed by atoms with Gasteiger partial charge in [0.15, 0.2) is 5.56 Å². The van der Waals surface area contributed by atoms with Crippen LogP contribution >= 0.6 is 0 Å². The van der Waals surface area contributed by atoms with Crippen LogP contribution in [0.1, 0.15) is 59.6 Å². The summed E-state index contributed by atoms with van der Waals surface area (Å²) in [4.78, 5) is 49.5. The summed E-state index contributed by atoms with van der Waals surface area (Å²) in [5, 5.41) is 21.6. The molecule has 1 aromatic heterocycles. The molecule has 0 atom stereocenters. The molecule has 3 N–H and O–H groups in total. The fraction of sp³-hybridized carbons (Fsp3) is 0.429. The van der Waals surface area contributed by atoms with Crippen molar-refractivity contribution in [2.75, 3.05) is 6.54 Å². The summed E-state index contributed by atoms with van der Waals surface area (Å²) in [5.41, 5.74) is -0.538. The highest BCUT2D eigenvalue weighted by atomic mass is 16.4. The zero-order valence-corrected chi connectivity index (χ0v) is 16.8. The molecule has 30 heavy (non-hydrogen) atoms. The number of benzene rings is 1. The number of aromatic nitrogens is 2. The minimum Gasteiger partial charge on any atom is -0.494 e. The normalized spacial score (nSPS) is 14.4. The molecule has 0 aliphatic heterocycles. The Labute approximate surface area is 172 Å². The summed E-state index contributed by atoms with van der Waals surface area (Å²) in [6.07, 6.45) is 4.04. The Balaban J connectivity index is 2.14. The molecular weight excluding hydrogens is 390 g/mol. The Morgan fingerprint density at radius 2 is 1.73 bits per heavy atom. The van der Waals surface area contributed by atoms with Gasteiger partial charge in [-0.05, 0) is 25.3 Å². The molecule has 0 bridgehead atoms. The van der Waals surface area contributed by atoms with E-state index in [1.807, 2.05) is 19.1 Å². The first kappa shape index (κ1) is 21.4. The van der Waals surface area contributed by atoms with Crippen molar-refractivity contribution in [1.29, 1.82) is 0 Å². The Bertz CT molecular complexity index is 1060. The van der Waals surface area contributed by atoms with E-state index in [0.717, 1.165) is 34.0 Å².